The first-order valence-electron chi connectivity index (χ1n) is 4.86. The second-order valence-corrected chi connectivity index (χ2v) is 4.09. The van der Waals surface area contributed by atoms with Crippen LogP contribution in [0.15, 0.2) is 12.4 Å². The molecular formula is C10H14N4. The number of nitrogens with two attached hydrogens (primary N) is 1. The molecule has 0 aromatic carbocycles. The monoisotopic (exact) mass is 190 g/mol. The van der Waals surface area contributed by atoms with Crippen LogP contribution in [0, 0.1) is 16.7 Å². The fourth-order valence-corrected chi connectivity index (χ4v) is 1.68. The minimum atomic E-state index is 0.215. The summed E-state index contributed by atoms with van der Waals surface area (Å²) in [6.45, 7) is 1.39. The average Bonchev–Trinajstić information content (AvgIpc) is 2.78. The van der Waals surface area contributed by atoms with Crippen molar-refractivity contribution in [1.82, 2.24) is 9.78 Å². The molecule has 4 heteroatoms. The van der Waals surface area contributed by atoms with E-state index in [1.54, 1.807) is 6.20 Å². The molecule has 1 fully saturated rings. The lowest BCUT2D eigenvalue weighted by Crippen LogP contribution is -2.11. The van der Waals surface area contributed by atoms with Crippen molar-refractivity contribution in [2.45, 2.75) is 32.4 Å². The smallest absolute Gasteiger partial charge is 0.0628 e. The fraction of sp³-hybridized carbons (Fsp3) is 0.600. The lowest BCUT2D eigenvalue weighted by molar-refractivity contribution is 0.404. The molecule has 0 spiro atoms. The van der Waals surface area contributed by atoms with Crippen molar-refractivity contribution in [3.05, 3.63) is 18.0 Å². The Bertz CT molecular complexity index is 356. The highest BCUT2D eigenvalue weighted by atomic mass is 15.3. The molecule has 1 aliphatic rings. The molecule has 1 aromatic rings. The van der Waals surface area contributed by atoms with Gasteiger partial charge in [0, 0.05) is 36.7 Å². The highest BCUT2D eigenvalue weighted by Gasteiger charge is 2.42. The Balaban J connectivity index is 2.01. The van der Waals surface area contributed by atoms with E-state index in [0.29, 0.717) is 13.0 Å². The van der Waals surface area contributed by atoms with E-state index in [1.165, 1.54) is 0 Å². The van der Waals surface area contributed by atoms with Crippen LogP contribution in [0.5, 0.6) is 0 Å². The molecule has 74 valence electrons. The predicted molar refractivity (Wildman–Crippen MR) is 52.0 cm³/mol. The Morgan fingerprint density at radius 3 is 2.93 bits per heavy atom. The summed E-state index contributed by atoms with van der Waals surface area (Å²) >= 11 is 0. The summed E-state index contributed by atoms with van der Waals surface area (Å²) in [6.07, 6.45) is 6.71. The molecule has 0 amide bonds. The lowest BCUT2D eigenvalue weighted by Gasteiger charge is -2.09. The van der Waals surface area contributed by atoms with Crippen molar-refractivity contribution in [3.63, 3.8) is 0 Å². The second kappa shape index (κ2) is 3.43. The van der Waals surface area contributed by atoms with E-state index in [0.717, 1.165) is 24.9 Å². The number of rotatable bonds is 4. The number of nitriles is 1. The highest BCUT2D eigenvalue weighted by molar-refractivity contribution is 5.05. The van der Waals surface area contributed by atoms with Gasteiger partial charge in [-0.2, -0.15) is 10.4 Å². The zero-order valence-electron chi connectivity index (χ0n) is 8.11. The van der Waals surface area contributed by atoms with E-state index in [2.05, 4.69) is 11.2 Å². The molecule has 4 nitrogen and oxygen atoms in total. The quantitative estimate of drug-likeness (QED) is 0.771. The van der Waals surface area contributed by atoms with Crippen molar-refractivity contribution in [1.29, 1.82) is 5.26 Å². The number of aromatic nitrogens is 2. The Morgan fingerprint density at radius 2 is 2.43 bits per heavy atom. The van der Waals surface area contributed by atoms with E-state index in [1.807, 2.05) is 10.9 Å². The summed E-state index contributed by atoms with van der Waals surface area (Å²) in [5, 5.41) is 12.9. The molecule has 1 heterocycles. The molecule has 2 rings (SSSR count). The maximum Gasteiger partial charge on any atom is 0.0628 e. The van der Waals surface area contributed by atoms with E-state index in [9.17, 15) is 0 Å². The first-order chi connectivity index (χ1) is 6.78. The molecule has 0 saturated heterocycles. The van der Waals surface area contributed by atoms with Gasteiger partial charge in [0.25, 0.3) is 0 Å². The normalized spacial score (nSPS) is 17.7. The van der Waals surface area contributed by atoms with Gasteiger partial charge in [0.2, 0.25) is 0 Å². The number of hydrogen-bond donors (Lipinski definition) is 1. The van der Waals surface area contributed by atoms with Crippen LogP contribution in [-0.4, -0.2) is 9.78 Å². The maximum atomic E-state index is 8.67. The van der Waals surface area contributed by atoms with E-state index in [4.69, 9.17) is 11.0 Å². The van der Waals surface area contributed by atoms with Crippen LogP contribution in [-0.2, 0) is 13.1 Å². The van der Waals surface area contributed by atoms with E-state index < -0.39 is 0 Å². The molecule has 14 heavy (non-hydrogen) atoms. The van der Waals surface area contributed by atoms with Crippen LogP contribution in [0.4, 0.5) is 0 Å². The molecule has 1 aromatic heterocycles. The van der Waals surface area contributed by atoms with Crippen LogP contribution in [0.3, 0.4) is 0 Å². The van der Waals surface area contributed by atoms with Gasteiger partial charge in [-0.3, -0.25) is 4.68 Å². The Labute approximate surface area is 83.3 Å². The summed E-state index contributed by atoms with van der Waals surface area (Å²) in [4.78, 5) is 0. The number of hydrogen-bond acceptors (Lipinski definition) is 3. The molecule has 0 radical (unpaired) electrons. The van der Waals surface area contributed by atoms with Gasteiger partial charge >= 0.3 is 0 Å². The third-order valence-electron chi connectivity index (χ3n) is 2.83. The second-order valence-electron chi connectivity index (χ2n) is 4.09. The van der Waals surface area contributed by atoms with Gasteiger partial charge in [0.15, 0.2) is 0 Å². The molecule has 2 N–H and O–H groups in total. The van der Waals surface area contributed by atoms with Crippen molar-refractivity contribution >= 4 is 0 Å². The van der Waals surface area contributed by atoms with Gasteiger partial charge in [0.05, 0.1) is 12.3 Å². The fourth-order valence-electron chi connectivity index (χ4n) is 1.68. The number of nitrogens with zero attached hydrogens (tertiary/aromatic N) is 3. The van der Waals surface area contributed by atoms with Crippen molar-refractivity contribution in [2.75, 3.05) is 0 Å². The molecule has 1 saturated carbocycles. The summed E-state index contributed by atoms with van der Waals surface area (Å²) in [7, 11) is 0. The largest absolute Gasteiger partial charge is 0.326 e. The van der Waals surface area contributed by atoms with Gasteiger partial charge in [-0.25, -0.2) is 0 Å². The van der Waals surface area contributed by atoms with Crippen LogP contribution < -0.4 is 5.73 Å². The third kappa shape index (κ3) is 1.78. The summed E-state index contributed by atoms with van der Waals surface area (Å²) < 4.78 is 1.91. The first kappa shape index (κ1) is 9.22. The van der Waals surface area contributed by atoms with Crippen LogP contribution in [0.2, 0.25) is 0 Å². The molecule has 1 aliphatic carbocycles. The van der Waals surface area contributed by atoms with Gasteiger partial charge < -0.3 is 5.73 Å². The van der Waals surface area contributed by atoms with Crippen LogP contribution >= 0.6 is 0 Å². The maximum absolute atomic E-state index is 8.67. The van der Waals surface area contributed by atoms with Gasteiger partial charge in [-0.05, 0) is 12.8 Å². The van der Waals surface area contributed by atoms with Crippen LogP contribution in [0.1, 0.15) is 24.8 Å². The SMILES string of the molecule is N#CCC1(Cn2cc(CN)cn2)CC1. The zero-order valence-corrected chi connectivity index (χ0v) is 8.11. The van der Waals surface area contributed by atoms with Crippen molar-refractivity contribution in [3.8, 4) is 6.07 Å². The summed E-state index contributed by atoms with van der Waals surface area (Å²) in [5.74, 6) is 0. The topological polar surface area (TPSA) is 67.6 Å². The van der Waals surface area contributed by atoms with Crippen molar-refractivity contribution in [2.24, 2.45) is 11.1 Å². The minimum absolute atomic E-state index is 0.215. The minimum Gasteiger partial charge on any atom is -0.326 e. The van der Waals surface area contributed by atoms with Gasteiger partial charge in [0.1, 0.15) is 0 Å². The van der Waals surface area contributed by atoms with E-state index in [-0.39, 0.29) is 5.41 Å². The summed E-state index contributed by atoms with van der Waals surface area (Å²) in [6, 6.07) is 2.25. The van der Waals surface area contributed by atoms with Crippen LogP contribution in [0.25, 0.3) is 0 Å². The average molecular weight is 190 g/mol. The van der Waals surface area contributed by atoms with Gasteiger partial charge in [-0.1, -0.05) is 0 Å². The summed E-state index contributed by atoms with van der Waals surface area (Å²) in [5.41, 5.74) is 6.76. The Hall–Kier alpha value is -1.34. The van der Waals surface area contributed by atoms with E-state index >= 15 is 0 Å². The molecule has 0 bridgehead atoms. The Morgan fingerprint density at radius 1 is 1.64 bits per heavy atom. The first-order valence-corrected chi connectivity index (χ1v) is 4.86. The highest BCUT2D eigenvalue weighted by Crippen LogP contribution is 2.49. The van der Waals surface area contributed by atoms with Crippen molar-refractivity contribution < 1.29 is 0 Å². The zero-order chi connectivity index (χ0) is 10.0. The molecule has 0 atom stereocenters. The lowest BCUT2D eigenvalue weighted by atomic mass is 10.0. The molecule has 0 aliphatic heterocycles. The van der Waals surface area contributed by atoms with Gasteiger partial charge in [-0.15, -0.1) is 0 Å². The predicted octanol–water partition coefficient (Wildman–Crippen LogP) is 1.04. The standard InChI is InChI=1S/C10H14N4/c11-4-3-10(1-2-10)8-14-7-9(5-12)6-13-14/h6-7H,1-3,5,8,12H2. The third-order valence-corrected chi connectivity index (χ3v) is 2.83. The molecule has 0 unspecified atom stereocenters. The Kier molecular flexibility index (Phi) is 2.26. The molecular weight excluding hydrogens is 176 g/mol.